The van der Waals surface area contributed by atoms with E-state index in [1.807, 2.05) is 23.1 Å². The summed E-state index contributed by atoms with van der Waals surface area (Å²) in [6.07, 6.45) is 6.86. The summed E-state index contributed by atoms with van der Waals surface area (Å²) in [5, 5.41) is 8.63. The van der Waals surface area contributed by atoms with Crippen molar-refractivity contribution in [1.82, 2.24) is 19.7 Å². The van der Waals surface area contributed by atoms with Crippen LogP contribution in [0.2, 0.25) is 0 Å². The van der Waals surface area contributed by atoms with Crippen molar-refractivity contribution >= 4 is 23.5 Å². The minimum atomic E-state index is -0.262. The van der Waals surface area contributed by atoms with Gasteiger partial charge in [0.05, 0.1) is 0 Å². The number of anilines is 1. The number of pyridine rings is 1. The monoisotopic (exact) mass is 341 g/mol. The number of nitrogens with one attached hydrogen (secondary N) is 1. The molecule has 3 heterocycles. The number of Topliss-reactive ketones (excluding diaryl/α,β-unsaturated/α-hetero) is 1. The summed E-state index contributed by atoms with van der Waals surface area (Å²) in [5.74, 6) is 0.868. The van der Waals surface area contributed by atoms with Crippen molar-refractivity contribution in [2.75, 3.05) is 11.6 Å². The summed E-state index contributed by atoms with van der Waals surface area (Å²) < 4.78 is 1.82. The van der Waals surface area contributed by atoms with E-state index in [4.69, 9.17) is 0 Å². The average molecular weight is 341 g/mol. The molecule has 1 aliphatic heterocycles. The number of carbonyl (C=O) groups is 1. The van der Waals surface area contributed by atoms with Crippen LogP contribution < -0.4 is 5.32 Å². The van der Waals surface area contributed by atoms with Crippen LogP contribution in [0, 0.1) is 5.41 Å². The number of ketones is 1. The molecule has 124 valence electrons. The van der Waals surface area contributed by atoms with Crippen LogP contribution in [0.4, 0.5) is 5.95 Å². The van der Waals surface area contributed by atoms with Crippen molar-refractivity contribution < 1.29 is 4.79 Å². The number of thioether (sulfide) groups is 1. The molecule has 24 heavy (non-hydrogen) atoms. The molecular weight excluding hydrogens is 322 g/mol. The van der Waals surface area contributed by atoms with E-state index < -0.39 is 0 Å². The second-order valence-corrected chi connectivity index (χ2v) is 7.79. The number of hydrogen-bond acceptors (Lipinski definition) is 6. The molecule has 0 amide bonds. The summed E-state index contributed by atoms with van der Waals surface area (Å²) in [6, 6.07) is 3.62. The van der Waals surface area contributed by atoms with Crippen LogP contribution in [0.5, 0.6) is 0 Å². The minimum Gasteiger partial charge on any atom is -0.328 e. The van der Waals surface area contributed by atoms with E-state index >= 15 is 0 Å². The lowest BCUT2D eigenvalue weighted by Crippen LogP contribution is -2.36. The molecule has 0 aromatic carbocycles. The van der Waals surface area contributed by atoms with Gasteiger partial charge in [0.25, 0.3) is 0 Å². The SMILES string of the molecule is CSc1nc2n(n1)[C@H](c1cccnc1)C1=C(CC(C)(C)CC1=O)N2. The molecule has 7 heteroatoms. The average Bonchev–Trinajstić information content (AvgIpc) is 2.95. The molecule has 0 spiro atoms. The first-order valence-electron chi connectivity index (χ1n) is 7.92. The molecular formula is C17H19N5OS. The number of carbonyl (C=O) groups excluding carboxylic acids is 1. The van der Waals surface area contributed by atoms with Gasteiger partial charge in [-0.2, -0.15) is 4.98 Å². The molecule has 2 aromatic rings. The van der Waals surface area contributed by atoms with Gasteiger partial charge in [-0.1, -0.05) is 31.7 Å². The van der Waals surface area contributed by atoms with E-state index in [1.165, 1.54) is 11.8 Å². The van der Waals surface area contributed by atoms with Crippen LogP contribution in [0.25, 0.3) is 0 Å². The van der Waals surface area contributed by atoms with Crippen LogP contribution in [-0.2, 0) is 4.79 Å². The third-order valence-electron chi connectivity index (χ3n) is 4.50. The Bertz CT molecular complexity index is 840. The third-order valence-corrected chi connectivity index (χ3v) is 5.03. The molecule has 0 radical (unpaired) electrons. The van der Waals surface area contributed by atoms with Gasteiger partial charge in [0.2, 0.25) is 11.1 Å². The minimum absolute atomic E-state index is 0.0487. The van der Waals surface area contributed by atoms with E-state index in [1.54, 1.807) is 12.4 Å². The van der Waals surface area contributed by atoms with Crippen molar-refractivity contribution in [3.63, 3.8) is 0 Å². The van der Waals surface area contributed by atoms with Gasteiger partial charge in [0.1, 0.15) is 6.04 Å². The van der Waals surface area contributed by atoms with Gasteiger partial charge in [0, 0.05) is 30.1 Å². The fraction of sp³-hybridized carbons (Fsp3) is 0.412. The zero-order valence-corrected chi connectivity index (χ0v) is 14.7. The van der Waals surface area contributed by atoms with Crippen molar-refractivity contribution in [3.8, 4) is 0 Å². The van der Waals surface area contributed by atoms with Gasteiger partial charge < -0.3 is 5.32 Å². The van der Waals surface area contributed by atoms with Crippen LogP contribution in [0.3, 0.4) is 0 Å². The molecule has 4 rings (SSSR count). The largest absolute Gasteiger partial charge is 0.328 e. The van der Waals surface area contributed by atoms with Gasteiger partial charge in [-0.3, -0.25) is 9.78 Å². The molecule has 6 nitrogen and oxygen atoms in total. The number of nitrogens with zero attached hydrogens (tertiary/aromatic N) is 4. The van der Waals surface area contributed by atoms with E-state index in [2.05, 4.69) is 34.2 Å². The number of hydrogen-bond donors (Lipinski definition) is 1. The summed E-state index contributed by atoms with van der Waals surface area (Å²) in [4.78, 5) is 21.7. The van der Waals surface area contributed by atoms with E-state index in [0.29, 0.717) is 17.5 Å². The van der Waals surface area contributed by atoms with Crippen molar-refractivity contribution in [2.45, 2.75) is 37.9 Å². The molecule has 1 N–H and O–H groups in total. The molecule has 2 aliphatic rings. The first-order valence-corrected chi connectivity index (χ1v) is 9.15. The summed E-state index contributed by atoms with van der Waals surface area (Å²) >= 11 is 1.49. The molecule has 0 bridgehead atoms. The number of rotatable bonds is 2. The highest BCUT2D eigenvalue weighted by Gasteiger charge is 2.41. The highest BCUT2D eigenvalue weighted by Crippen LogP contribution is 2.45. The second-order valence-electron chi connectivity index (χ2n) is 7.01. The lowest BCUT2D eigenvalue weighted by atomic mass is 9.73. The van der Waals surface area contributed by atoms with Gasteiger partial charge in [-0.05, 0) is 29.7 Å². The number of aromatic nitrogens is 4. The molecule has 1 atom stereocenters. The fourth-order valence-corrected chi connectivity index (χ4v) is 3.87. The van der Waals surface area contributed by atoms with E-state index in [9.17, 15) is 4.79 Å². The zero-order chi connectivity index (χ0) is 16.9. The molecule has 0 saturated heterocycles. The number of allylic oxidation sites excluding steroid dienone is 2. The Hall–Kier alpha value is -2.15. The smallest absolute Gasteiger partial charge is 0.227 e. The normalized spacial score (nSPS) is 22.0. The fourth-order valence-electron chi connectivity index (χ4n) is 3.52. The van der Waals surface area contributed by atoms with Crippen molar-refractivity contribution in [1.29, 1.82) is 0 Å². The van der Waals surface area contributed by atoms with Crippen LogP contribution in [-0.4, -0.2) is 31.8 Å². The summed E-state index contributed by atoms with van der Waals surface area (Å²) in [5.41, 5.74) is 2.68. The maximum atomic E-state index is 12.9. The quantitative estimate of drug-likeness (QED) is 0.847. The zero-order valence-electron chi connectivity index (χ0n) is 13.9. The Balaban J connectivity index is 1.91. The summed E-state index contributed by atoms with van der Waals surface area (Å²) in [7, 11) is 0. The van der Waals surface area contributed by atoms with Crippen LogP contribution in [0.15, 0.2) is 41.0 Å². The molecule has 0 unspecified atom stereocenters. The molecule has 2 aromatic heterocycles. The highest BCUT2D eigenvalue weighted by molar-refractivity contribution is 7.98. The second kappa shape index (κ2) is 5.44. The Kier molecular flexibility index (Phi) is 3.49. The molecule has 0 saturated carbocycles. The topological polar surface area (TPSA) is 72.7 Å². The highest BCUT2D eigenvalue weighted by atomic mass is 32.2. The van der Waals surface area contributed by atoms with Crippen molar-refractivity contribution in [3.05, 3.63) is 41.4 Å². The third kappa shape index (κ3) is 2.43. The van der Waals surface area contributed by atoms with Gasteiger partial charge in [-0.25, -0.2) is 4.68 Å². The first-order chi connectivity index (χ1) is 11.5. The van der Waals surface area contributed by atoms with E-state index in [0.717, 1.165) is 23.3 Å². The first kappa shape index (κ1) is 15.4. The Morgan fingerprint density at radius 1 is 1.38 bits per heavy atom. The van der Waals surface area contributed by atoms with Crippen LogP contribution in [0.1, 0.15) is 38.3 Å². The van der Waals surface area contributed by atoms with Crippen LogP contribution >= 0.6 is 11.8 Å². The lowest BCUT2D eigenvalue weighted by molar-refractivity contribution is -0.118. The van der Waals surface area contributed by atoms with E-state index in [-0.39, 0.29) is 17.2 Å². The van der Waals surface area contributed by atoms with Gasteiger partial charge in [-0.15, -0.1) is 5.10 Å². The van der Waals surface area contributed by atoms with Crippen molar-refractivity contribution in [2.24, 2.45) is 5.41 Å². The number of fused-ring (bicyclic) bond motifs is 1. The maximum Gasteiger partial charge on any atom is 0.227 e. The Labute approximate surface area is 144 Å². The maximum absolute atomic E-state index is 12.9. The standard InChI is InChI=1S/C17H19N5OS/c1-17(2)7-11-13(12(23)8-17)14(10-5-4-6-18-9-10)22-15(19-11)20-16(21-22)24-3/h4-6,9,14H,7-8H2,1-3H3,(H,19,20,21)/t14-/m1/s1. The predicted molar refractivity (Wildman–Crippen MR) is 92.8 cm³/mol. The Morgan fingerprint density at radius 3 is 2.92 bits per heavy atom. The van der Waals surface area contributed by atoms with Gasteiger partial charge >= 0.3 is 0 Å². The van der Waals surface area contributed by atoms with Gasteiger partial charge in [0.15, 0.2) is 5.78 Å². The molecule has 1 aliphatic carbocycles. The summed E-state index contributed by atoms with van der Waals surface area (Å²) in [6.45, 7) is 4.25. The Morgan fingerprint density at radius 2 is 2.21 bits per heavy atom. The lowest BCUT2D eigenvalue weighted by Gasteiger charge is -2.38. The molecule has 0 fully saturated rings. The predicted octanol–water partition coefficient (Wildman–Crippen LogP) is 3.05.